The molecule has 0 heterocycles. The molecule has 106 valence electrons. The van der Waals surface area contributed by atoms with Gasteiger partial charge in [0.1, 0.15) is 6.61 Å². The van der Waals surface area contributed by atoms with Gasteiger partial charge in [-0.2, -0.15) is 0 Å². The molecule has 0 radical (unpaired) electrons. The lowest BCUT2D eigenvalue weighted by Gasteiger charge is -2.15. The molecule has 1 atom stereocenters. The third-order valence-electron chi connectivity index (χ3n) is 3.09. The smallest absolute Gasteiger partial charge is 0.165 e. The summed E-state index contributed by atoms with van der Waals surface area (Å²) >= 11 is 0. The van der Waals surface area contributed by atoms with Gasteiger partial charge >= 0.3 is 0 Å². The van der Waals surface area contributed by atoms with Crippen LogP contribution in [0.4, 0.5) is 4.39 Å². The molecule has 0 aliphatic rings. The molecule has 0 aliphatic carbocycles. The Hall–Kier alpha value is -1.35. The quantitative estimate of drug-likeness (QED) is 0.710. The Morgan fingerprint density at radius 3 is 2.74 bits per heavy atom. The number of ether oxygens (including phenoxy) is 1. The van der Waals surface area contributed by atoms with Crippen LogP contribution in [0.5, 0.6) is 5.75 Å². The molecule has 1 rings (SSSR count). The van der Waals surface area contributed by atoms with Crippen molar-refractivity contribution in [3.8, 4) is 5.75 Å². The average molecular weight is 265 g/mol. The van der Waals surface area contributed by atoms with Crippen LogP contribution in [-0.4, -0.2) is 13.2 Å². The van der Waals surface area contributed by atoms with Gasteiger partial charge in [-0.15, -0.1) is 0 Å². The number of benzene rings is 1. The van der Waals surface area contributed by atoms with Gasteiger partial charge in [0.15, 0.2) is 11.6 Å². The normalized spacial score (nSPS) is 12.2. The second kappa shape index (κ2) is 7.95. The van der Waals surface area contributed by atoms with Gasteiger partial charge in [-0.1, -0.05) is 26.5 Å². The molecule has 1 unspecified atom stereocenters. The van der Waals surface area contributed by atoms with Crippen LogP contribution in [-0.2, 0) is 0 Å². The molecular formula is C16H24FNO. The van der Waals surface area contributed by atoms with Crippen molar-refractivity contribution in [2.45, 2.75) is 39.7 Å². The highest BCUT2D eigenvalue weighted by molar-refractivity contribution is 5.31. The van der Waals surface area contributed by atoms with E-state index in [2.05, 4.69) is 18.8 Å². The molecule has 3 heteroatoms. The van der Waals surface area contributed by atoms with Gasteiger partial charge in [0.2, 0.25) is 0 Å². The van der Waals surface area contributed by atoms with Crippen LogP contribution in [0.3, 0.4) is 0 Å². The van der Waals surface area contributed by atoms with Gasteiger partial charge in [0.05, 0.1) is 0 Å². The van der Waals surface area contributed by atoms with Gasteiger partial charge in [-0.05, 0) is 49.6 Å². The highest BCUT2D eigenvalue weighted by atomic mass is 19.1. The Balaban J connectivity index is 2.66. The van der Waals surface area contributed by atoms with Crippen molar-refractivity contribution in [2.75, 3.05) is 13.2 Å². The standard InChI is InChI=1S/C16H24FNO/c1-5-9-18-13(4)14-7-8-16(15(17)10-14)19-11-12(3)6-2/h7-8,10,13,18H,3,5-6,9,11H2,1-2,4H3. The monoisotopic (exact) mass is 265 g/mol. The predicted molar refractivity (Wildman–Crippen MR) is 78.0 cm³/mol. The van der Waals surface area contributed by atoms with Gasteiger partial charge in [0, 0.05) is 6.04 Å². The molecule has 2 nitrogen and oxygen atoms in total. The van der Waals surface area contributed by atoms with Crippen LogP contribution in [0.25, 0.3) is 0 Å². The molecule has 0 amide bonds. The fraction of sp³-hybridized carbons (Fsp3) is 0.500. The van der Waals surface area contributed by atoms with Crippen molar-refractivity contribution < 1.29 is 9.13 Å². The van der Waals surface area contributed by atoms with Crippen molar-refractivity contribution in [1.29, 1.82) is 0 Å². The Morgan fingerprint density at radius 2 is 2.16 bits per heavy atom. The lowest BCUT2D eigenvalue weighted by molar-refractivity contribution is 0.329. The molecule has 1 N–H and O–H groups in total. The number of nitrogens with one attached hydrogen (secondary N) is 1. The summed E-state index contributed by atoms with van der Waals surface area (Å²) in [7, 11) is 0. The van der Waals surface area contributed by atoms with Crippen LogP contribution in [0, 0.1) is 5.82 Å². The van der Waals surface area contributed by atoms with E-state index in [0.29, 0.717) is 12.4 Å². The van der Waals surface area contributed by atoms with Crippen LogP contribution < -0.4 is 10.1 Å². The lowest BCUT2D eigenvalue weighted by Crippen LogP contribution is -2.19. The first kappa shape index (κ1) is 15.7. The largest absolute Gasteiger partial charge is 0.486 e. The molecule has 0 spiro atoms. The molecule has 1 aromatic carbocycles. The lowest BCUT2D eigenvalue weighted by atomic mass is 10.1. The third kappa shape index (κ3) is 5.03. The minimum atomic E-state index is -0.313. The molecule has 0 aliphatic heterocycles. The molecule has 0 saturated carbocycles. The number of rotatable bonds is 8. The van der Waals surface area contributed by atoms with Crippen molar-refractivity contribution in [1.82, 2.24) is 5.32 Å². The summed E-state index contributed by atoms with van der Waals surface area (Å²) in [6, 6.07) is 5.28. The summed E-state index contributed by atoms with van der Waals surface area (Å²) in [4.78, 5) is 0. The summed E-state index contributed by atoms with van der Waals surface area (Å²) in [5.41, 5.74) is 1.90. The SMILES string of the molecule is C=C(CC)COc1ccc(C(C)NCCC)cc1F. The molecule has 0 aromatic heterocycles. The van der Waals surface area contributed by atoms with E-state index in [9.17, 15) is 4.39 Å². The van der Waals surface area contributed by atoms with E-state index in [1.54, 1.807) is 6.07 Å². The second-order valence-corrected chi connectivity index (χ2v) is 4.76. The van der Waals surface area contributed by atoms with E-state index < -0.39 is 0 Å². The van der Waals surface area contributed by atoms with Crippen molar-refractivity contribution >= 4 is 0 Å². The van der Waals surface area contributed by atoms with Crippen LogP contribution in [0.15, 0.2) is 30.4 Å². The maximum Gasteiger partial charge on any atom is 0.165 e. The highest BCUT2D eigenvalue weighted by Gasteiger charge is 2.09. The first-order valence-electron chi connectivity index (χ1n) is 6.90. The molecular weight excluding hydrogens is 241 g/mol. The highest BCUT2D eigenvalue weighted by Crippen LogP contribution is 2.22. The maximum absolute atomic E-state index is 13.9. The minimum absolute atomic E-state index is 0.147. The molecule has 0 bridgehead atoms. The average Bonchev–Trinajstić information content (AvgIpc) is 2.42. The Labute approximate surface area is 115 Å². The molecule has 0 saturated heterocycles. The van der Waals surface area contributed by atoms with E-state index in [4.69, 9.17) is 4.74 Å². The summed E-state index contributed by atoms with van der Waals surface area (Å²) in [6.45, 7) is 11.3. The van der Waals surface area contributed by atoms with Gasteiger partial charge in [-0.3, -0.25) is 0 Å². The second-order valence-electron chi connectivity index (χ2n) is 4.76. The van der Waals surface area contributed by atoms with Crippen molar-refractivity contribution in [3.05, 3.63) is 41.7 Å². The topological polar surface area (TPSA) is 21.3 Å². The zero-order valence-electron chi connectivity index (χ0n) is 12.1. The Morgan fingerprint density at radius 1 is 1.42 bits per heavy atom. The van der Waals surface area contributed by atoms with Gasteiger partial charge < -0.3 is 10.1 Å². The third-order valence-corrected chi connectivity index (χ3v) is 3.09. The minimum Gasteiger partial charge on any atom is -0.486 e. The van der Waals surface area contributed by atoms with E-state index in [1.165, 1.54) is 6.07 Å². The molecule has 1 aromatic rings. The van der Waals surface area contributed by atoms with Crippen LogP contribution in [0.1, 0.15) is 45.2 Å². The summed E-state index contributed by atoms with van der Waals surface area (Å²) < 4.78 is 19.3. The fourth-order valence-electron chi connectivity index (χ4n) is 1.66. The summed E-state index contributed by atoms with van der Waals surface area (Å²) in [5, 5.41) is 3.33. The van der Waals surface area contributed by atoms with E-state index in [-0.39, 0.29) is 11.9 Å². The van der Waals surface area contributed by atoms with Gasteiger partial charge in [-0.25, -0.2) is 4.39 Å². The van der Waals surface area contributed by atoms with E-state index in [1.807, 2.05) is 19.9 Å². The van der Waals surface area contributed by atoms with Crippen LogP contribution >= 0.6 is 0 Å². The number of halogens is 1. The first-order valence-corrected chi connectivity index (χ1v) is 6.90. The van der Waals surface area contributed by atoms with Crippen LogP contribution in [0.2, 0.25) is 0 Å². The zero-order chi connectivity index (χ0) is 14.3. The first-order chi connectivity index (χ1) is 9.08. The van der Waals surface area contributed by atoms with Gasteiger partial charge in [0.25, 0.3) is 0 Å². The number of hydrogen-bond acceptors (Lipinski definition) is 2. The van der Waals surface area contributed by atoms with E-state index >= 15 is 0 Å². The number of hydrogen-bond donors (Lipinski definition) is 1. The van der Waals surface area contributed by atoms with Crippen molar-refractivity contribution in [2.24, 2.45) is 0 Å². The zero-order valence-corrected chi connectivity index (χ0v) is 12.1. The summed E-state index contributed by atoms with van der Waals surface area (Å²) in [5.74, 6) is -0.0207. The molecule has 19 heavy (non-hydrogen) atoms. The Bertz CT molecular complexity index is 417. The molecule has 0 fully saturated rings. The summed E-state index contributed by atoms with van der Waals surface area (Å²) in [6.07, 6.45) is 1.91. The van der Waals surface area contributed by atoms with E-state index in [0.717, 1.165) is 30.5 Å². The van der Waals surface area contributed by atoms with Crippen molar-refractivity contribution in [3.63, 3.8) is 0 Å². The fourth-order valence-corrected chi connectivity index (χ4v) is 1.66. The maximum atomic E-state index is 13.9. The Kier molecular flexibility index (Phi) is 6.57. The predicted octanol–water partition coefficient (Wildman–Crippen LogP) is 4.23.